The highest BCUT2D eigenvalue weighted by Crippen LogP contribution is 2.09. The fourth-order valence-electron chi connectivity index (χ4n) is 1.45. The van der Waals surface area contributed by atoms with Gasteiger partial charge in [0.05, 0.1) is 12.0 Å². The monoisotopic (exact) mass is 260 g/mol. The van der Waals surface area contributed by atoms with Crippen LogP contribution in [0.1, 0.15) is 27.7 Å². The van der Waals surface area contributed by atoms with E-state index in [0.29, 0.717) is 13.2 Å². The van der Waals surface area contributed by atoms with Gasteiger partial charge in [0, 0.05) is 19.7 Å². The number of nitrogens with one attached hydrogen (secondary N) is 2. The number of ether oxygens (including phenoxy) is 1. The van der Waals surface area contributed by atoms with Gasteiger partial charge in [0.2, 0.25) is 0 Å². The molecule has 3 N–H and O–H groups in total. The summed E-state index contributed by atoms with van der Waals surface area (Å²) in [6.45, 7) is 8.50. The van der Waals surface area contributed by atoms with Gasteiger partial charge < -0.3 is 20.5 Å². The molecule has 0 heterocycles. The van der Waals surface area contributed by atoms with Gasteiger partial charge in [-0.05, 0) is 19.8 Å². The number of aliphatic carboxylic acids is 1. The molecule has 2 unspecified atom stereocenters. The Kier molecular flexibility index (Phi) is 8.11. The van der Waals surface area contributed by atoms with Gasteiger partial charge in [-0.2, -0.15) is 0 Å². The van der Waals surface area contributed by atoms with E-state index in [2.05, 4.69) is 10.6 Å². The van der Waals surface area contributed by atoms with E-state index in [-0.39, 0.29) is 24.6 Å². The van der Waals surface area contributed by atoms with E-state index in [1.54, 1.807) is 0 Å². The zero-order chi connectivity index (χ0) is 14.1. The summed E-state index contributed by atoms with van der Waals surface area (Å²) in [6, 6.07) is -0.367. The second-order valence-corrected chi connectivity index (χ2v) is 4.55. The van der Waals surface area contributed by atoms with Crippen molar-refractivity contribution < 1.29 is 19.4 Å². The number of carboxylic acids is 1. The van der Waals surface area contributed by atoms with Crippen LogP contribution in [-0.2, 0) is 9.53 Å². The molecular formula is C12H24N2O4. The lowest BCUT2D eigenvalue weighted by atomic mass is 9.96. The molecule has 0 rings (SSSR count). The van der Waals surface area contributed by atoms with Crippen molar-refractivity contribution in [2.75, 3.05) is 19.7 Å². The lowest BCUT2D eigenvalue weighted by molar-refractivity contribution is -0.142. The van der Waals surface area contributed by atoms with Crippen molar-refractivity contribution in [3.05, 3.63) is 0 Å². The van der Waals surface area contributed by atoms with Gasteiger partial charge in [0.25, 0.3) is 0 Å². The van der Waals surface area contributed by atoms with Crippen LogP contribution in [0.4, 0.5) is 4.79 Å². The summed E-state index contributed by atoms with van der Waals surface area (Å²) >= 11 is 0. The Balaban J connectivity index is 3.91. The molecule has 106 valence electrons. The van der Waals surface area contributed by atoms with Gasteiger partial charge in [0.1, 0.15) is 0 Å². The fourth-order valence-corrected chi connectivity index (χ4v) is 1.45. The van der Waals surface area contributed by atoms with Gasteiger partial charge in [-0.1, -0.05) is 13.8 Å². The van der Waals surface area contributed by atoms with Crippen molar-refractivity contribution >= 4 is 12.0 Å². The second-order valence-electron chi connectivity index (χ2n) is 4.55. The molecule has 0 aliphatic carbocycles. The van der Waals surface area contributed by atoms with Gasteiger partial charge in [0.15, 0.2) is 0 Å². The quantitative estimate of drug-likeness (QED) is 0.609. The Morgan fingerprint density at radius 3 is 2.17 bits per heavy atom. The maximum Gasteiger partial charge on any atom is 0.314 e. The molecule has 0 saturated heterocycles. The number of urea groups is 1. The van der Waals surface area contributed by atoms with Crippen LogP contribution in [0.25, 0.3) is 0 Å². The molecule has 0 aromatic heterocycles. The third kappa shape index (κ3) is 7.11. The molecule has 0 bridgehead atoms. The molecule has 2 atom stereocenters. The summed E-state index contributed by atoms with van der Waals surface area (Å²) in [5, 5.41) is 14.1. The van der Waals surface area contributed by atoms with E-state index < -0.39 is 11.9 Å². The first-order valence-electron chi connectivity index (χ1n) is 6.24. The van der Waals surface area contributed by atoms with Crippen LogP contribution in [-0.4, -0.2) is 42.9 Å². The first-order chi connectivity index (χ1) is 8.38. The smallest absolute Gasteiger partial charge is 0.314 e. The Bertz CT molecular complexity index is 269. The fraction of sp³-hybridized carbons (Fsp3) is 0.833. The molecule has 0 spiro atoms. The lowest BCUT2D eigenvalue weighted by Crippen LogP contribution is -2.43. The molecule has 0 fully saturated rings. The molecule has 0 radical (unpaired) electrons. The minimum Gasteiger partial charge on any atom is -0.481 e. The van der Waals surface area contributed by atoms with Crippen molar-refractivity contribution in [1.82, 2.24) is 10.6 Å². The Morgan fingerprint density at radius 1 is 1.17 bits per heavy atom. The van der Waals surface area contributed by atoms with Crippen molar-refractivity contribution in [1.29, 1.82) is 0 Å². The molecule has 18 heavy (non-hydrogen) atoms. The van der Waals surface area contributed by atoms with Crippen LogP contribution in [0.2, 0.25) is 0 Å². The van der Waals surface area contributed by atoms with E-state index >= 15 is 0 Å². The average Bonchev–Trinajstić information content (AvgIpc) is 2.26. The number of hydrogen-bond donors (Lipinski definition) is 3. The van der Waals surface area contributed by atoms with E-state index in [1.165, 1.54) is 0 Å². The van der Waals surface area contributed by atoms with Crippen LogP contribution in [0.3, 0.4) is 0 Å². The van der Waals surface area contributed by atoms with Gasteiger partial charge in [-0.15, -0.1) is 0 Å². The highest BCUT2D eigenvalue weighted by Gasteiger charge is 2.21. The van der Waals surface area contributed by atoms with E-state index in [1.807, 2.05) is 27.7 Å². The summed E-state index contributed by atoms with van der Waals surface area (Å²) in [5.41, 5.74) is 0. The Morgan fingerprint density at radius 2 is 1.72 bits per heavy atom. The highest BCUT2D eigenvalue weighted by molar-refractivity contribution is 5.75. The first-order valence-corrected chi connectivity index (χ1v) is 6.24. The van der Waals surface area contributed by atoms with E-state index in [9.17, 15) is 9.59 Å². The van der Waals surface area contributed by atoms with Crippen molar-refractivity contribution in [3.8, 4) is 0 Å². The molecule has 6 nitrogen and oxygen atoms in total. The number of carbonyl (C=O) groups is 2. The number of rotatable bonds is 8. The largest absolute Gasteiger partial charge is 0.481 e. The summed E-state index contributed by atoms with van der Waals surface area (Å²) in [4.78, 5) is 22.3. The van der Waals surface area contributed by atoms with Crippen molar-refractivity contribution in [3.63, 3.8) is 0 Å². The standard InChI is InChI=1S/C12H24N2O4/c1-5-18-9(4)6-13-12(17)14-7-10(8(2)3)11(15)16/h8-10H,5-7H2,1-4H3,(H,15,16)(H2,13,14,17). The third-order valence-electron chi connectivity index (χ3n) is 2.61. The van der Waals surface area contributed by atoms with Crippen LogP contribution >= 0.6 is 0 Å². The summed E-state index contributed by atoms with van der Waals surface area (Å²) in [6.07, 6.45) is -0.0545. The zero-order valence-electron chi connectivity index (χ0n) is 11.5. The summed E-state index contributed by atoms with van der Waals surface area (Å²) in [5.74, 6) is -1.49. The van der Waals surface area contributed by atoms with Crippen LogP contribution in [0.15, 0.2) is 0 Å². The Labute approximate surface area is 108 Å². The summed E-state index contributed by atoms with van der Waals surface area (Å²) < 4.78 is 5.26. The van der Waals surface area contributed by atoms with Gasteiger partial charge in [-0.3, -0.25) is 4.79 Å². The lowest BCUT2D eigenvalue weighted by Gasteiger charge is -2.18. The van der Waals surface area contributed by atoms with E-state index in [4.69, 9.17) is 9.84 Å². The number of hydrogen-bond acceptors (Lipinski definition) is 3. The maximum atomic E-state index is 11.4. The Hall–Kier alpha value is -1.30. The topological polar surface area (TPSA) is 87.7 Å². The molecule has 2 amide bonds. The average molecular weight is 260 g/mol. The molecule has 0 aromatic carbocycles. The molecule has 0 saturated carbocycles. The normalized spacial score (nSPS) is 14.1. The zero-order valence-corrected chi connectivity index (χ0v) is 11.5. The summed E-state index contributed by atoms with van der Waals surface area (Å²) in [7, 11) is 0. The molecule has 0 aromatic rings. The number of carbonyl (C=O) groups excluding carboxylic acids is 1. The van der Waals surface area contributed by atoms with Gasteiger partial charge in [-0.25, -0.2) is 4.79 Å². The van der Waals surface area contributed by atoms with Crippen LogP contribution in [0.5, 0.6) is 0 Å². The molecule has 0 aliphatic rings. The van der Waals surface area contributed by atoms with Gasteiger partial charge >= 0.3 is 12.0 Å². The van der Waals surface area contributed by atoms with Crippen LogP contribution in [0, 0.1) is 11.8 Å². The third-order valence-corrected chi connectivity index (χ3v) is 2.61. The SMILES string of the molecule is CCOC(C)CNC(=O)NCC(C(=O)O)C(C)C. The van der Waals surface area contributed by atoms with Crippen LogP contribution < -0.4 is 10.6 Å². The minimum absolute atomic E-state index is 0.0230. The molecule has 6 heteroatoms. The molecule has 0 aliphatic heterocycles. The second kappa shape index (κ2) is 8.74. The molecular weight excluding hydrogens is 236 g/mol. The predicted molar refractivity (Wildman–Crippen MR) is 68.5 cm³/mol. The highest BCUT2D eigenvalue weighted by atomic mass is 16.5. The van der Waals surface area contributed by atoms with E-state index in [0.717, 1.165) is 0 Å². The first kappa shape index (κ1) is 16.7. The minimum atomic E-state index is -0.895. The number of carboxylic acid groups (broad SMARTS) is 1. The number of amides is 2. The van der Waals surface area contributed by atoms with Crippen molar-refractivity contribution in [2.24, 2.45) is 11.8 Å². The van der Waals surface area contributed by atoms with Crippen molar-refractivity contribution in [2.45, 2.75) is 33.8 Å². The maximum absolute atomic E-state index is 11.4. The predicted octanol–water partition coefficient (Wildman–Crippen LogP) is 1.07.